The predicted octanol–water partition coefficient (Wildman–Crippen LogP) is 4.79. The molecule has 1 aliphatic carbocycles. The van der Waals surface area contributed by atoms with Crippen LogP contribution >= 0.6 is 37.7 Å². The Morgan fingerprint density at radius 1 is 1.00 bits per heavy atom. The predicted molar refractivity (Wildman–Crippen MR) is 51.3 cm³/mol. The number of hydrogen-bond acceptors (Lipinski definition) is 0. The van der Waals surface area contributed by atoms with Crippen molar-refractivity contribution >= 4 is 37.7 Å². The molecule has 5 heteroatoms. The van der Waals surface area contributed by atoms with Crippen LogP contribution < -0.4 is 0 Å². The molecule has 0 fully saturated rings. The summed E-state index contributed by atoms with van der Waals surface area (Å²) >= 11 is 0. The molecule has 0 aromatic carbocycles. The number of hydrogen-bond donors (Lipinski definition) is 0. The SMILES string of the molecule is [CH3][W]([Cl])([Cl])([Cl])([Cl])[CH]1C=CC=C1. The molecule has 0 radical (unpaired) electrons. The van der Waals surface area contributed by atoms with Gasteiger partial charge in [0.2, 0.25) is 0 Å². The molecule has 0 aromatic heterocycles. The van der Waals surface area contributed by atoms with E-state index in [9.17, 15) is 0 Å². The first-order chi connectivity index (χ1) is 4.59. The van der Waals surface area contributed by atoms with E-state index < -0.39 is 9.39 Å². The van der Waals surface area contributed by atoms with E-state index in [1.54, 1.807) is 5.31 Å². The average Bonchev–Trinajstić information content (AvgIpc) is 2.01. The third kappa shape index (κ3) is 2.93. The van der Waals surface area contributed by atoms with E-state index in [1.807, 2.05) is 24.3 Å². The molecule has 0 bridgehead atoms. The molecule has 0 N–H and O–H groups in total. The number of halogens is 4. The zero-order chi connectivity index (χ0) is 8.81. The third-order valence-corrected chi connectivity index (χ3v) is 14.2. The molecule has 1 aliphatic rings. The zero-order valence-corrected chi connectivity index (χ0v) is 11.8. The summed E-state index contributed by atoms with van der Waals surface area (Å²) in [5.74, 6) is 0. The minimum absolute atomic E-state index is 0.193. The van der Waals surface area contributed by atoms with Crippen molar-refractivity contribution in [3.8, 4) is 0 Å². The molecule has 0 nitrogen and oxygen atoms in total. The van der Waals surface area contributed by atoms with Crippen LogP contribution in [0.4, 0.5) is 0 Å². The Morgan fingerprint density at radius 2 is 1.36 bits per heavy atom. The molecule has 0 aliphatic heterocycles. The molecule has 0 saturated heterocycles. The van der Waals surface area contributed by atoms with Gasteiger partial charge in [-0.05, 0) is 0 Å². The molecular formula is C6H8Cl4W. The van der Waals surface area contributed by atoms with Gasteiger partial charge in [0.25, 0.3) is 0 Å². The molecule has 0 amide bonds. The second kappa shape index (κ2) is 2.22. The van der Waals surface area contributed by atoms with Crippen LogP contribution in [-0.2, 0) is 9.39 Å². The van der Waals surface area contributed by atoms with Crippen molar-refractivity contribution in [2.24, 2.45) is 0 Å². The van der Waals surface area contributed by atoms with E-state index in [1.165, 1.54) is 0 Å². The van der Waals surface area contributed by atoms with Crippen LogP contribution in [0.25, 0.3) is 0 Å². The molecule has 0 spiro atoms. The van der Waals surface area contributed by atoms with Crippen LogP contribution in [0.15, 0.2) is 24.3 Å². The summed E-state index contributed by atoms with van der Waals surface area (Å²) in [5.41, 5.74) is 0. The Balaban J connectivity index is 3.09. The van der Waals surface area contributed by atoms with Gasteiger partial charge < -0.3 is 0 Å². The third-order valence-electron chi connectivity index (χ3n) is 1.40. The van der Waals surface area contributed by atoms with Gasteiger partial charge in [0.1, 0.15) is 0 Å². The van der Waals surface area contributed by atoms with Crippen molar-refractivity contribution in [2.75, 3.05) is 0 Å². The zero-order valence-electron chi connectivity index (χ0n) is 5.81. The number of rotatable bonds is 1. The maximum atomic E-state index is 6.05. The summed E-state index contributed by atoms with van der Waals surface area (Å²) in [6.07, 6.45) is 7.35. The summed E-state index contributed by atoms with van der Waals surface area (Å²) in [7, 11) is 19.3. The summed E-state index contributed by atoms with van der Waals surface area (Å²) in [4.78, 5) is 0. The van der Waals surface area contributed by atoms with E-state index >= 15 is 0 Å². The fourth-order valence-electron chi connectivity index (χ4n) is 0.806. The first kappa shape index (κ1) is 10.4. The van der Waals surface area contributed by atoms with E-state index in [-0.39, 0.29) is 4.31 Å². The fraction of sp³-hybridized carbons (Fsp3) is 0.333. The van der Waals surface area contributed by atoms with Crippen LogP contribution in [0.3, 0.4) is 0 Å². The van der Waals surface area contributed by atoms with Crippen molar-refractivity contribution in [1.29, 1.82) is 0 Å². The van der Waals surface area contributed by atoms with Crippen LogP contribution in [0.2, 0.25) is 9.62 Å². The summed E-state index contributed by atoms with van der Waals surface area (Å²) in [6.45, 7) is 0. The molecular weight excluding hydrogens is 398 g/mol. The minimum atomic E-state index is -4.85. The van der Waals surface area contributed by atoms with Gasteiger partial charge in [-0.1, -0.05) is 0 Å². The van der Waals surface area contributed by atoms with Gasteiger partial charge in [-0.25, -0.2) is 0 Å². The van der Waals surface area contributed by atoms with Crippen molar-refractivity contribution in [3.63, 3.8) is 0 Å². The molecule has 0 unspecified atom stereocenters. The van der Waals surface area contributed by atoms with E-state index in [4.69, 9.17) is 37.7 Å². The molecule has 66 valence electrons. The Bertz CT molecular complexity index is 219. The molecule has 1 rings (SSSR count). The summed E-state index contributed by atoms with van der Waals surface area (Å²) < 4.78 is -0.193. The monoisotopic (exact) mass is 404 g/mol. The second-order valence-corrected chi connectivity index (χ2v) is 54.8. The van der Waals surface area contributed by atoms with Crippen molar-refractivity contribution in [3.05, 3.63) is 24.3 Å². The van der Waals surface area contributed by atoms with Crippen LogP contribution in [0.5, 0.6) is 0 Å². The Morgan fingerprint density at radius 3 is 1.55 bits per heavy atom. The number of allylic oxidation sites excluding steroid dienone is 4. The Hall–Kier alpha value is 1.33. The van der Waals surface area contributed by atoms with Crippen molar-refractivity contribution < 1.29 is 9.39 Å². The first-order valence-electron chi connectivity index (χ1n) is 2.93. The Labute approximate surface area is 80.3 Å². The molecule has 0 atom stereocenters. The maximum absolute atomic E-state index is 6.05. The average molecular weight is 406 g/mol. The van der Waals surface area contributed by atoms with E-state index in [2.05, 4.69) is 0 Å². The second-order valence-electron chi connectivity index (χ2n) is 2.79. The quantitative estimate of drug-likeness (QED) is 0.588. The van der Waals surface area contributed by atoms with E-state index in [0.29, 0.717) is 0 Å². The molecule has 0 aromatic rings. The van der Waals surface area contributed by atoms with Crippen molar-refractivity contribution in [2.45, 2.75) is 9.62 Å². The molecule has 11 heavy (non-hydrogen) atoms. The van der Waals surface area contributed by atoms with Crippen LogP contribution in [-0.4, -0.2) is 0 Å². The fourth-order valence-corrected chi connectivity index (χ4v) is 8.18. The standard InChI is InChI=1S/C5H5.CH3.4ClH.W/c1-2-4-5-3-1;;;;;;/h1-5H;1H3;4*1H;/q;;;;;;+4/p-4. The van der Waals surface area contributed by atoms with Crippen molar-refractivity contribution in [1.82, 2.24) is 0 Å². The topological polar surface area (TPSA) is 0 Å². The van der Waals surface area contributed by atoms with Gasteiger partial charge >= 0.3 is 81.0 Å². The van der Waals surface area contributed by atoms with Crippen LogP contribution in [0, 0.1) is 0 Å². The molecule has 0 heterocycles. The van der Waals surface area contributed by atoms with Crippen LogP contribution in [0.1, 0.15) is 0 Å². The van der Waals surface area contributed by atoms with Gasteiger partial charge in [0, 0.05) is 0 Å². The van der Waals surface area contributed by atoms with Gasteiger partial charge in [-0.2, -0.15) is 0 Å². The first-order valence-corrected chi connectivity index (χ1v) is 22.1. The van der Waals surface area contributed by atoms with Gasteiger partial charge in [-0.3, -0.25) is 0 Å². The van der Waals surface area contributed by atoms with Gasteiger partial charge in [0.15, 0.2) is 0 Å². The summed E-state index contributed by atoms with van der Waals surface area (Å²) in [5, 5.41) is 1.57. The van der Waals surface area contributed by atoms with Gasteiger partial charge in [0.05, 0.1) is 0 Å². The van der Waals surface area contributed by atoms with E-state index in [0.717, 1.165) is 0 Å². The molecule has 0 saturated carbocycles. The normalized spacial score (nSPS) is 25.2. The Kier molecular flexibility index (Phi) is 2.10. The van der Waals surface area contributed by atoms with Gasteiger partial charge in [-0.15, -0.1) is 0 Å². The summed E-state index contributed by atoms with van der Waals surface area (Å²) in [6, 6.07) is 0.